The van der Waals surface area contributed by atoms with Gasteiger partial charge in [0.25, 0.3) is 0 Å². The molecule has 0 unspecified atom stereocenters. The zero-order valence-electron chi connectivity index (χ0n) is 20.7. The Morgan fingerprint density at radius 2 is 1.84 bits per heavy atom. The van der Waals surface area contributed by atoms with Crippen LogP contribution < -0.4 is 9.47 Å². The molecule has 4 aromatic rings. The highest BCUT2D eigenvalue weighted by atomic mass is 35.5. The van der Waals surface area contributed by atoms with Gasteiger partial charge in [0.05, 0.1) is 21.8 Å². The SMILES string of the molecule is C[C@@H](Oc1ccc2[nH]nc(-c3ccc(OC4CC5(C4)CN(S(C)(=O)=O)C5)nc3)c2c1)c1c(Cl)cncc1Cl. The summed E-state index contributed by atoms with van der Waals surface area (Å²) in [6.07, 6.45) is 7.42. The van der Waals surface area contributed by atoms with Crippen molar-refractivity contribution in [2.24, 2.45) is 5.41 Å². The normalized spacial score (nSPS) is 18.2. The van der Waals surface area contributed by atoms with Gasteiger partial charge in [-0.2, -0.15) is 5.10 Å². The molecular weight excluding hydrogens is 549 g/mol. The van der Waals surface area contributed by atoms with Gasteiger partial charge >= 0.3 is 0 Å². The Kier molecular flexibility index (Phi) is 6.26. The van der Waals surface area contributed by atoms with Crippen LogP contribution in [-0.2, 0) is 10.0 Å². The Morgan fingerprint density at radius 1 is 1.11 bits per heavy atom. The average molecular weight is 574 g/mol. The second kappa shape index (κ2) is 9.37. The zero-order valence-corrected chi connectivity index (χ0v) is 23.0. The third-order valence-corrected chi connectivity index (χ3v) is 9.05. The number of nitrogens with zero attached hydrogens (tertiary/aromatic N) is 4. The third-order valence-electron chi connectivity index (χ3n) is 7.26. The number of fused-ring (bicyclic) bond motifs is 1. The largest absolute Gasteiger partial charge is 0.486 e. The molecule has 0 bridgehead atoms. The van der Waals surface area contributed by atoms with Gasteiger partial charge in [-0.1, -0.05) is 23.2 Å². The van der Waals surface area contributed by atoms with Crippen molar-refractivity contribution >= 4 is 44.1 Å². The molecule has 38 heavy (non-hydrogen) atoms. The molecule has 4 heterocycles. The summed E-state index contributed by atoms with van der Waals surface area (Å²) in [5.41, 5.74) is 3.19. The molecule has 0 amide bonds. The highest BCUT2D eigenvalue weighted by Gasteiger charge is 2.55. The van der Waals surface area contributed by atoms with Crippen molar-refractivity contribution in [3.63, 3.8) is 0 Å². The number of ether oxygens (including phenoxy) is 2. The number of hydrogen-bond donors (Lipinski definition) is 1. The molecule has 1 atom stereocenters. The Balaban J connectivity index is 1.13. The van der Waals surface area contributed by atoms with Gasteiger partial charge < -0.3 is 9.47 Å². The van der Waals surface area contributed by atoms with E-state index in [4.69, 9.17) is 32.7 Å². The molecule has 1 aromatic carbocycles. The molecule has 1 N–H and O–H groups in total. The average Bonchev–Trinajstić information content (AvgIpc) is 3.22. The van der Waals surface area contributed by atoms with Crippen LogP contribution in [0.15, 0.2) is 48.9 Å². The summed E-state index contributed by atoms with van der Waals surface area (Å²) in [5.74, 6) is 1.19. The molecule has 3 aromatic heterocycles. The van der Waals surface area contributed by atoms with Crippen molar-refractivity contribution in [2.75, 3.05) is 19.3 Å². The van der Waals surface area contributed by atoms with Crippen molar-refractivity contribution in [1.82, 2.24) is 24.5 Å². The smallest absolute Gasteiger partial charge is 0.213 e. The molecule has 2 fully saturated rings. The Hall–Kier alpha value is -2.92. The van der Waals surface area contributed by atoms with E-state index in [2.05, 4.69) is 20.2 Å². The van der Waals surface area contributed by atoms with E-state index < -0.39 is 10.0 Å². The van der Waals surface area contributed by atoms with E-state index in [9.17, 15) is 8.42 Å². The van der Waals surface area contributed by atoms with E-state index in [0.29, 0.717) is 40.3 Å². The first kappa shape index (κ1) is 25.4. The molecule has 1 spiro atoms. The number of aromatic nitrogens is 4. The van der Waals surface area contributed by atoms with E-state index in [1.807, 2.05) is 37.3 Å². The summed E-state index contributed by atoms with van der Waals surface area (Å²) < 4.78 is 37.0. The standard InChI is InChI=1S/C26H25Cl2N5O4S/c1-15(24-20(27)11-29-12-21(24)28)36-17-4-5-22-19(7-17)25(32-31-22)16-3-6-23(30-10-16)37-18-8-26(9-18)13-33(14-26)38(2,34)35/h3-7,10-12,15,18H,8-9,13-14H2,1-2H3,(H,31,32)/t15-/m1/s1. The second-order valence-corrected chi connectivity index (χ2v) is 12.9. The van der Waals surface area contributed by atoms with Crippen LogP contribution in [0, 0.1) is 5.41 Å². The van der Waals surface area contributed by atoms with Crippen molar-refractivity contribution in [2.45, 2.75) is 32.0 Å². The Labute approximate surface area is 230 Å². The molecule has 6 rings (SSSR count). The van der Waals surface area contributed by atoms with E-state index in [-0.39, 0.29) is 17.6 Å². The summed E-state index contributed by atoms with van der Waals surface area (Å²) in [5, 5.41) is 9.33. The molecule has 1 aliphatic carbocycles. The lowest BCUT2D eigenvalue weighted by Crippen LogP contribution is -2.65. The van der Waals surface area contributed by atoms with E-state index in [1.54, 1.807) is 18.6 Å². The van der Waals surface area contributed by atoms with Crippen molar-refractivity contribution < 1.29 is 17.9 Å². The summed E-state index contributed by atoms with van der Waals surface area (Å²) in [4.78, 5) is 8.49. The van der Waals surface area contributed by atoms with Crippen LogP contribution in [0.4, 0.5) is 0 Å². The van der Waals surface area contributed by atoms with Crippen molar-refractivity contribution in [3.8, 4) is 22.9 Å². The minimum atomic E-state index is -3.11. The van der Waals surface area contributed by atoms with Gasteiger partial charge in [-0.3, -0.25) is 10.1 Å². The molecule has 1 saturated carbocycles. The number of halogens is 2. The first-order chi connectivity index (χ1) is 18.1. The highest BCUT2D eigenvalue weighted by Crippen LogP contribution is 2.50. The topological polar surface area (TPSA) is 110 Å². The fourth-order valence-corrected chi connectivity index (χ4v) is 6.99. The number of H-pyrrole nitrogens is 1. The molecule has 2 aliphatic rings. The molecule has 9 nitrogen and oxygen atoms in total. The Morgan fingerprint density at radius 3 is 2.50 bits per heavy atom. The highest BCUT2D eigenvalue weighted by molar-refractivity contribution is 7.88. The fraction of sp³-hybridized carbons (Fsp3) is 0.346. The maximum atomic E-state index is 11.6. The monoisotopic (exact) mass is 573 g/mol. The number of aromatic amines is 1. The summed E-state index contributed by atoms with van der Waals surface area (Å²) in [6.45, 7) is 3.04. The predicted molar refractivity (Wildman–Crippen MR) is 145 cm³/mol. The molecule has 12 heteroatoms. The van der Waals surface area contributed by atoms with Crippen molar-refractivity contribution in [1.29, 1.82) is 0 Å². The fourth-order valence-electron chi connectivity index (χ4n) is 5.30. The minimum absolute atomic E-state index is 0.0466. The zero-order chi connectivity index (χ0) is 26.7. The number of sulfonamides is 1. The van der Waals surface area contributed by atoms with Crippen LogP contribution in [0.1, 0.15) is 31.4 Å². The maximum Gasteiger partial charge on any atom is 0.213 e. The lowest BCUT2D eigenvalue weighted by molar-refractivity contribution is -0.0881. The minimum Gasteiger partial charge on any atom is -0.486 e. The molecule has 198 valence electrons. The second-order valence-electron chi connectivity index (χ2n) is 10.1. The van der Waals surface area contributed by atoms with Gasteiger partial charge in [0, 0.05) is 59.7 Å². The van der Waals surface area contributed by atoms with E-state index in [1.165, 1.54) is 10.6 Å². The Bertz CT molecular complexity index is 1590. The van der Waals surface area contributed by atoms with Gasteiger partial charge in [0.1, 0.15) is 23.7 Å². The number of pyridine rings is 2. The summed E-state index contributed by atoms with van der Waals surface area (Å²) >= 11 is 12.6. The van der Waals surface area contributed by atoms with Crippen LogP contribution in [-0.4, -0.2) is 58.3 Å². The molecule has 1 aliphatic heterocycles. The third kappa shape index (κ3) is 4.70. The number of benzene rings is 1. The van der Waals surface area contributed by atoms with Gasteiger partial charge in [-0.05, 0) is 44.0 Å². The lowest BCUT2D eigenvalue weighted by Gasteiger charge is -2.57. The maximum absolute atomic E-state index is 11.6. The number of hydrogen-bond acceptors (Lipinski definition) is 7. The molecule has 0 radical (unpaired) electrons. The van der Waals surface area contributed by atoms with Gasteiger partial charge in [0.15, 0.2) is 0 Å². The van der Waals surface area contributed by atoms with E-state index in [0.717, 1.165) is 35.0 Å². The van der Waals surface area contributed by atoms with Crippen LogP contribution in [0.2, 0.25) is 10.0 Å². The van der Waals surface area contributed by atoms with Crippen molar-refractivity contribution in [3.05, 3.63) is 64.5 Å². The van der Waals surface area contributed by atoms with Gasteiger partial charge in [0.2, 0.25) is 15.9 Å². The van der Waals surface area contributed by atoms with Crippen LogP contribution in [0.25, 0.3) is 22.2 Å². The van der Waals surface area contributed by atoms with Gasteiger partial charge in [-0.25, -0.2) is 17.7 Å². The quantitative estimate of drug-likeness (QED) is 0.320. The molecule has 1 saturated heterocycles. The number of nitrogens with one attached hydrogen (secondary N) is 1. The first-order valence-corrected chi connectivity index (χ1v) is 14.7. The lowest BCUT2D eigenvalue weighted by atomic mass is 9.63. The van der Waals surface area contributed by atoms with Crippen LogP contribution in [0.5, 0.6) is 11.6 Å². The van der Waals surface area contributed by atoms with Crippen LogP contribution >= 0.6 is 23.2 Å². The number of rotatable bonds is 7. The first-order valence-electron chi connectivity index (χ1n) is 12.1. The summed E-state index contributed by atoms with van der Waals surface area (Å²) in [6, 6.07) is 9.45. The molecular formula is C26H25Cl2N5O4S. The van der Waals surface area contributed by atoms with E-state index >= 15 is 0 Å². The van der Waals surface area contributed by atoms with Crippen LogP contribution in [0.3, 0.4) is 0 Å². The summed E-state index contributed by atoms with van der Waals surface area (Å²) in [7, 11) is -3.11. The van der Waals surface area contributed by atoms with Gasteiger partial charge in [-0.15, -0.1) is 0 Å². The predicted octanol–water partition coefficient (Wildman–Crippen LogP) is 5.27.